The Morgan fingerprint density at radius 2 is 1.38 bits per heavy atom. The van der Waals surface area contributed by atoms with Crippen molar-refractivity contribution in [1.29, 1.82) is 0 Å². The van der Waals surface area contributed by atoms with Gasteiger partial charge in [0.25, 0.3) is 0 Å². The van der Waals surface area contributed by atoms with Gasteiger partial charge < -0.3 is 14.2 Å². The average Bonchev–Trinajstić information content (AvgIpc) is 2.23. The van der Waals surface area contributed by atoms with Crippen molar-refractivity contribution in [2.24, 2.45) is 0 Å². The first-order chi connectivity index (χ1) is 9.48. The maximum atomic E-state index is 12.1. The number of anilines is 1. The molecular weight excluding hydrogens is 312 g/mol. The lowest BCUT2D eigenvalue weighted by Crippen LogP contribution is -2.19. The van der Waals surface area contributed by atoms with E-state index < -0.39 is 36.0 Å². The minimum atomic E-state index is -5.13. The second-order valence-electron chi connectivity index (χ2n) is 3.41. The molecule has 1 amide bonds. The molecule has 11 heteroatoms. The van der Waals surface area contributed by atoms with E-state index in [-0.39, 0.29) is 0 Å². The summed E-state index contributed by atoms with van der Waals surface area (Å²) in [4.78, 5) is 10.9. The SMILES string of the molecule is COC(=O)Nc1cc(OC(F)(F)F)cc(OC(F)(F)F)c1. The summed E-state index contributed by atoms with van der Waals surface area (Å²) in [5, 5.41) is 1.89. The van der Waals surface area contributed by atoms with Crippen LogP contribution in [0.4, 0.5) is 36.8 Å². The molecule has 0 aliphatic heterocycles. The highest BCUT2D eigenvalue weighted by Gasteiger charge is 2.34. The van der Waals surface area contributed by atoms with E-state index in [0.717, 1.165) is 7.11 Å². The molecular formula is C10H7F6NO4. The molecule has 1 N–H and O–H groups in total. The van der Waals surface area contributed by atoms with Crippen LogP contribution in [0.3, 0.4) is 0 Å². The van der Waals surface area contributed by atoms with Gasteiger partial charge in [0.1, 0.15) is 11.5 Å². The van der Waals surface area contributed by atoms with Gasteiger partial charge in [-0.1, -0.05) is 0 Å². The van der Waals surface area contributed by atoms with Gasteiger partial charge in [-0.25, -0.2) is 4.79 Å². The van der Waals surface area contributed by atoms with Gasteiger partial charge in [-0.3, -0.25) is 5.32 Å². The molecule has 118 valence electrons. The highest BCUT2D eigenvalue weighted by Crippen LogP contribution is 2.33. The Hall–Kier alpha value is -2.33. The summed E-state index contributed by atoms with van der Waals surface area (Å²) < 4.78 is 83.6. The molecule has 0 fully saturated rings. The third kappa shape index (κ3) is 6.58. The van der Waals surface area contributed by atoms with E-state index in [1.807, 2.05) is 5.32 Å². The maximum Gasteiger partial charge on any atom is 0.573 e. The summed E-state index contributed by atoms with van der Waals surface area (Å²) in [5.74, 6) is -2.01. The van der Waals surface area contributed by atoms with Gasteiger partial charge in [0.15, 0.2) is 0 Å². The first-order valence-corrected chi connectivity index (χ1v) is 5.00. The average molecular weight is 319 g/mol. The van der Waals surface area contributed by atoms with Crippen LogP contribution >= 0.6 is 0 Å². The molecule has 0 radical (unpaired) electrons. The van der Waals surface area contributed by atoms with Crippen LogP contribution in [-0.4, -0.2) is 25.9 Å². The molecule has 0 bridgehead atoms. The summed E-state index contributed by atoms with van der Waals surface area (Å²) in [7, 11) is 0.957. The predicted octanol–water partition coefficient (Wildman–Crippen LogP) is 3.66. The topological polar surface area (TPSA) is 56.8 Å². The van der Waals surface area contributed by atoms with Gasteiger partial charge in [-0.2, -0.15) is 0 Å². The molecule has 0 unspecified atom stereocenters. The van der Waals surface area contributed by atoms with E-state index in [1.54, 1.807) is 0 Å². The van der Waals surface area contributed by atoms with Crippen LogP contribution in [0.15, 0.2) is 18.2 Å². The molecule has 1 rings (SSSR count). The molecule has 1 aromatic rings. The van der Waals surface area contributed by atoms with Crippen LogP contribution < -0.4 is 14.8 Å². The third-order valence-corrected chi connectivity index (χ3v) is 1.78. The molecule has 21 heavy (non-hydrogen) atoms. The monoisotopic (exact) mass is 319 g/mol. The lowest BCUT2D eigenvalue weighted by atomic mass is 10.3. The van der Waals surface area contributed by atoms with E-state index in [2.05, 4.69) is 14.2 Å². The van der Waals surface area contributed by atoms with Crippen molar-refractivity contribution in [3.63, 3.8) is 0 Å². The normalized spacial score (nSPS) is 11.8. The van der Waals surface area contributed by atoms with E-state index >= 15 is 0 Å². The van der Waals surface area contributed by atoms with E-state index in [4.69, 9.17) is 0 Å². The summed E-state index contributed by atoms with van der Waals surface area (Å²) >= 11 is 0. The van der Waals surface area contributed by atoms with Crippen molar-refractivity contribution in [3.8, 4) is 11.5 Å². The Morgan fingerprint density at radius 1 is 0.952 bits per heavy atom. The minimum absolute atomic E-state index is 0.365. The van der Waals surface area contributed by atoms with Gasteiger partial charge in [-0.15, -0.1) is 26.3 Å². The molecule has 1 aromatic carbocycles. The molecule has 0 heterocycles. The molecule has 0 aromatic heterocycles. The summed E-state index contributed by atoms with van der Waals surface area (Å²) in [6, 6.07) is 1.66. The number of carbonyl (C=O) groups excluding carboxylic acids is 1. The van der Waals surface area contributed by atoms with Gasteiger partial charge in [-0.05, 0) is 0 Å². The molecule has 0 saturated carbocycles. The zero-order valence-electron chi connectivity index (χ0n) is 10.1. The molecule has 0 aliphatic rings. The Bertz CT molecular complexity index is 479. The fraction of sp³-hybridized carbons (Fsp3) is 0.300. The number of carbonyl (C=O) groups is 1. The summed E-state index contributed by atoms with van der Waals surface area (Å²) in [6.45, 7) is 0. The maximum absolute atomic E-state index is 12.1. The predicted molar refractivity (Wildman–Crippen MR) is 55.8 cm³/mol. The number of rotatable bonds is 3. The van der Waals surface area contributed by atoms with Gasteiger partial charge in [0, 0.05) is 18.2 Å². The van der Waals surface area contributed by atoms with Crippen molar-refractivity contribution in [2.45, 2.75) is 12.7 Å². The molecule has 0 aliphatic carbocycles. The van der Waals surface area contributed by atoms with Crippen molar-refractivity contribution in [1.82, 2.24) is 0 Å². The summed E-state index contributed by atoms with van der Waals surface area (Å²) in [6.07, 6.45) is -11.4. The number of hydrogen-bond acceptors (Lipinski definition) is 4. The second-order valence-corrected chi connectivity index (χ2v) is 3.41. The van der Waals surface area contributed by atoms with Crippen LogP contribution in [0.25, 0.3) is 0 Å². The van der Waals surface area contributed by atoms with Crippen LogP contribution in [0.5, 0.6) is 11.5 Å². The number of alkyl halides is 6. The number of benzene rings is 1. The molecule has 5 nitrogen and oxygen atoms in total. The van der Waals surface area contributed by atoms with E-state index in [9.17, 15) is 31.1 Å². The van der Waals surface area contributed by atoms with Gasteiger partial charge in [0.2, 0.25) is 0 Å². The largest absolute Gasteiger partial charge is 0.573 e. The highest BCUT2D eigenvalue weighted by atomic mass is 19.4. The fourth-order valence-corrected chi connectivity index (χ4v) is 1.20. The fourth-order valence-electron chi connectivity index (χ4n) is 1.20. The Morgan fingerprint density at radius 3 is 1.71 bits per heavy atom. The lowest BCUT2D eigenvalue weighted by molar-refractivity contribution is -0.276. The number of hydrogen-bond donors (Lipinski definition) is 1. The molecule has 0 saturated heterocycles. The first-order valence-electron chi connectivity index (χ1n) is 5.00. The van der Waals surface area contributed by atoms with Crippen molar-refractivity contribution in [3.05, 3.63) is 18.2 Å². The van der Waals surface area contributed by atoms with E-state index in [0.29, 0.717) is 18.2 Å². The lowest BCUT2D eigenvalue weighted by Gasteiger charge is -2.14. The first kappa shape index (κ1) is 16.7. The van der Waals surface area contributed by atoms with Crippen LogP contribution in [-0.2, 0) is 4.74 Å². The number of nitrogens with one attached hydrogen (secondary N) is 1. The Balaban J connectivity index is 3.10. The van der Waals surface area contributed by atoms with Gasteiger partial charge in [0.05, 0.1) is 12.8 Å². The Kier molecular flexibility index (Phi) is 4.76. The molecule has 0 spiro atoms. The number of amides is 1. The van der Waals surface area contributed by atoms with Crippen molar-refractivity contribution >= 4 is 11.8 Å². The van der Waals surface area contributed by atoms with Crippen molar-refractivity contribution < 1.29 is 45.3 Å². The zero-order valence-corrected chi connectivity index (χ0v) is 10.1. The number of methoxy groups -OCH3 is 1. The highest BCUT2D eigenvalue weighted by molar-refractivity contribution is 5.85. The number of halogens is 6. The molecule has 0 atom stereocenters. The van der Waals surface area contributed by atoms with Crippen LogP contribution in [0.1, 0.15) is 0 Å². The third-order valence-electron chi connectivity index (χ3n) is 1.78. The van der Waals surface area contributed by atoms with Crippen LogP contribution in [0, 0.1) is 0 Å². The van der Waals surface area contributed by atoms with Crippen LogP contribution in [0.2, 0.25) is 0 Å². The Labute approximate surface area is 113 Å². The zero-order chi connectivity index (χ0) is 16.3. The smallest absolute Gasteiger partial charge is 0.453 e. The minimum Gasteiger partial charge on any atom is -0.453 e. The quantitative estimate of drug-likeness (QED) is 0.864. The van der Waals surface area contributed by atoms with Crippen molar-refractivity contribution in [2.75, 3.05) is 12.4 Å². The van der Waals surface area contributed by atoms with Gasteiger partial charge >= 0.3 is 18.8 Å². The second kappa shape index (κ2) is 5.97. The summed E-state index contributed by atoms with van der Waals surface area (Å²) in [5.41, 5.74) is -0.442. The number of ether oxygens (including phenoxy) is 3. The standard InChI is InChI=1S/C10H7F6NO4/c1-19-8(18)17-5-2-6(20-9(11,12)13)4-7(3-5)21-10(14,15)16/h2-4H,1H3,(H,17,18). The van der Waals surface area contributed by atoms with E-state index in [1.165, 1.54) is 0 Å².